The third-order valence-corrected chi connectivity index (χ3v) is 3.59. The Hall–Kier alpha value is -1.42. The van der Waals surface area contributed by atoms with Gasteiger partial charge in [0.2, 0.25) is 0 Å². The van der Waals surface area contributed by atoms with Crippen LogP contribution >= 0.6 is 15.9 Å². The molecule has 0 N–H and O–H groups in total. The maximum absolute atomic E-state index is 14.0. The second-order valence-corrected chi connectivity index (χ2v) is 5.26. The van der Waals surface area contributed by atoms with Gasteiger partial charge in [-0.3, -0.25) is 0 Å². The van der Waals surface area contributed by atoms with Gasteiger partial charge in [0.1, 0.15) is 0 Å². The van der Waals surface area contributed by atoms with Crippen molar-refractivity contribution >= 4 is 27.4 Å². The molecule has 2 nitrogen and oxygen atoms in total. The Labute approximate surface area is 114 Å². The van der Waals surface area contributed by atoms with Crippen molar-refractivity contribution in [2.75, 3.05) is 11.4 Å². The number of hydrogen-bond acceptors (Lipinski definition) is 2. The minimum atomic E-state index is -0.291. The molecule has 92 valence electrons. The molecule has 0 unspecified atom stereocenters. The predicted molar refractivity (Wildman–Crippen MR) is 73.7 cm³/mol. The van der Waals surface area contributed by atoms with Gasteiger partial charge in [0, 0.05) is 22.9 Å². The van der Waals surface area contributed by atoms with E-state index in [1.54, 1.807) is 6.20 Å². The van der Waals surface area contributed by atoms with Gasteiger partial charge in [0.15, 0.2) is 11.6 Å². The van der Waals surface area contributed by atoms with E-state index in [1.165, 1.54) is 11.6 Å². The molecule has 0 radical (unpaired) electrons. The van der Waals surface area contributed by atoms with E-state index in [4.69, 9.17) is 0 Å². The summed E-state index contributed by atoms with van der Waals surface area (Å²) in [4.78, 5) is 6.16. The molecule has 1 aromatic heterocycles. The highest BCUT2D eigenvalue weighted by molar-refractivity contribution is 9.10. The second kappa shape index (κ2) is 4.69. The van der Waals surface area contributed by atoms with E-state index in [0.717, 1.165) is 25.1 Å². The number of benzene rings is 1. The summed E-state index contributed by atoms with van der Waals surface area (Å²) >= 11 is 3.23. The van der Waals surface area contributed by atoms with Crippen molar-refractivity contribution in [1.29, 1.82) is 0 Å². The first kappa shape index (κ1) is 11.7. The summed E-state index contributed by atoms with van der Waals surface area (Å²) in [5.74, 6) is 0.117. The number of halogens is 2. The zero-order valence-corrected chi connectivity index (χ0v) is 11.3. The van der Waals surface area contributed by atoms with Crippen molar-refractivity contribution in [1.82, 2.24) is 4.98 Å². The van der Waals surface area contributed by atoms with Crippen molar-refractivity contribution in [3.63, 3.8) is 0 Å². The van der Waals surface area contributed by atoms with Crippen LogP contribution in [0.2, 0.25) is 0 Å². The molecule has 0 spiro atoms. The van der Waals surface area contributed by atoms with Gasteiger partial charge in [0.25, 0.3) is 0 Å². The quantitative estimate of drug-likeness (QED) is 0.789. The minimum absolute atomic E-state index is 0.291. The monoisotopic (exact) mass is 306 g/mol. The zero-order valence-electron chi connectivity index (χ0n) is 9.74. The van der Waals surface area contributed by atoms with Crippen LogP contribution in [-0.2, 0) is 6.42 Å². The fourth-order valence-electron chi connectivity index (χ4n) is 2.36. The van der Waals surface area contributed by atoms with Crippen LogP contribution in [-0.4, -0.2) is 11.5 Å². The van der Waals surface area contributed by atoms with E-state index in [-0.39, 0.29) is 5.82 Å². The number of aromatic nitrogens is 1. The largest absolute Gasteiger partial charge is 0.324 e. The molecule has 0 atom stereocenters. The molecular formula is C14H12BrFN2. The van der Waals surface area contributed by atoms with Crippen molar-refractivity contribution < 1.29 is 4.39 Å². The van der Waals surface area contributed by atoms with Crippen LogP contribution in [0.15, 0.2) is 41.0 Å². The second-order valence-electron chi connectivity index (χ2n) is 4.34. The molecule has 0 bridgehead atoms. The number of pyridine rings is 1. The molecule has 0 saturated carbocycles. The summed E-state index contributed by atoms with van der Waals surface area (Å²) in [5.41, 5.74) is 2.32. The lowest BCUT2D eigenvalue weighted by molar-refractivity contribution is 0.612. The Kier molecular flexibility index (Phi) is 3.04. The predicted octanol–water partition coefficient (Wildman–Crippen LogP) is 4.07. The molecule has 4 heteroatoms. The summed E-state index contributed by atoms with van der Waals surface area (Å²) < 4.78 is 14.7. The Morgan fingerprint density at radius 2 is 2.11 bits per heavy atom. The Bertz CT molecular complexity index is 586. The maximum Gasteiger partial charge on any atom is 0.169 e. The molecule has 2 heterocycles. The highest BCUT2D eigenvalue weighted by atomic mass is 79.9. The van der Waals surface area contributed by atoms with Gasteiger partial charge in [-0.2, -0.15) is 0 Å². The number of para-hydroxylation sites is 1. The van der Waals surface area contributed by atoms with Gasteiger partial charge in [0.05, 0.1) is 0 Å². The summed E-state index contributed by atoms with van der Waals surface area (Å²) in [6, 6.07) is 9.58. The Balaban J connectivity index is 2.08. The van der Waals surface area contributed by atoms with Crippen LogP contribution in [0.3, 0.4) is 0 Å². The van der Waals surface area contributed by atoms with Crippen LogP contribution in [0.4, 0.5) is 15.9 Å². The highest BCUT2D eigenvalue weighted by Crippen LogP contribution is 2.33. The van der Waals surface area contributed by atoms with Gasteiger partial charge in [-0.25, -0.2) is 9.37 Å². The molecule has 3 rings (SSSR count). The highest BCUT2D eigenvalue weighted by Gasteiger charge is 2.21. The fourth-order valence-corrected chi connectivity index (χ4v) is 2.66. The molecule has 0 fully saturated rings. The van der Waals surface area contributed by atoms with E-state index in [9.17, 15) is 4.39 Å². The van der Waals surface area contributed by atoms with E-state index in [0.29, 0.717) is 10.3 Å². The van der Waals surface area contributed by atoms with Crippen molar-refractivity contribution in [3.8, 4) is 0 Å². The SMILES string of the molecule is Fc1cc(Br)cnc1N1CCCc2ccccc21. The molecule has 2 aromatic rings. The van der Waals surface area contributed by atoms with Gasteiger partial charge in [-0.05, 0) is 46.5 Å². The first-order chi connectivity index (χ1) is 8.75. The van der Waals surface area contributed by atoms with Crippen LogP contribution in [0, 0.1) is 5.82 Å². The molecule has 1 aliphatic rings. The van der Waals surface area contributed by atoms with E-state index < -0.39 is 0 Å². The molecule has 0 saturated heterocycles. The summed E-state index contributed by atoms with van der Waals surface area (Å²) in [7, 11) is 0. The van der Waals surface area contributed by atoms with Gasteiger partial charge in [-0.1, -0.05) is 18.2 Å². The number of hydrogen-bond donors (Lipinski definition) is 0. The first-order valence-electron chi connectivity index (χ1n) is 5.92. The standard InChI is InChI=1S/C14H12BrFN2/c15-11-8-12(16)14(17-9-11)18-7-3-5-10-4-1-2-6-13(10)18/h1-2,4,6,8-9H,3,5,7H2. The Morgan fingerprint density at radius 3 is 2.94 bits per heavy atom. The number of aryl methyl sites for hydroxylation is 1. The average Bonchev–Trinajstić information content (AvgIpc) is 2.38. The third-order valence-electron chi connectivity index (χ3n) is 3.15. The van der Waals surface area contributed by atoms with E-state index >= 15 is 0 Å². The van der Waals surface area contributed by atoms with Crippen LogP contribution in [0.5, 0.6) is 0 Å². The fraction of sp³-hybridized carbons (Fsp3) is 0.214. The number of anilines is 2. The van der Waals surface area contributed by atoms with Crippen LogP contribution in [0.1, 0.15) is 12.0 Å². The molecule has 0 amide bonds. The van der Waals surface area contributed by atoms with Gasteiger partial charge in [-0.15, -0.1) is 0 Å². The lowest BCUT2D eigenvalue weighted by Crippen LogP contribution is -2.26. The third kappa shape index (κ3) is 2.01. The van der Waals surface area contributed by atoms with Crippen molar-refractivity contribution in [2.45, 2.75) is 12.8 Å². The van der Waals surface area contributed by atoms with Crippen LogP contribution in [0.25, 0.3) is 0 Å². The number of nitrogens with zero attached hydrogens (tertiary/aromatic N) is 2. The molecular weight excluding hydrogens is 295 g/mol. The maximum atomic E-state index is 14.0. The zero-order chi connectivity index (χ0) is 12.5. The van der Waals surface area contributed by atoms with Gasteiger partial charge >= 0.3 is 0 Å². The molecule has 1 aliphatic heterocycles. The summed E-state index contributed by atoms with van der Waals surface area (Å²) in [6.45, 7) is 0.808. The molecule has 1 aromatic carbocycles. The van der Waals surface area contributed by atoms with Gasteiger partial charge < -0.3 is 4.90 Å². The summed E-state index contributed by atoms with van der Waals surface area (Å²) in [6.07, 6.45) is 3.70. The number of rotatable bonds is 1. The van der Waals surface area contributed by atoms with E-state index in [1.807, 2.05) is 23.1 Å². The normalized spacial score (nSPS) is 14.4. The topological polar surface area (TPSA) is 16.1 Å². The lowest BCUT2D eigenvalue weighted by atomic mass is 10.0. The van der Waals surface area contributed by atoms with Crippen molar-refractivity contribution in [2.24, 2.45) is 0 Å². The average molecular weight is 307 g/mol. The smallest absolute Gasteiger partial charge is 0.169 e. The lowest BCUT2D eigenvalue weighted by Gasteiger charge is -2.30. The Morgan fingerprint density at radius 1 is 1.28 bits per heavy atom. The van der Waals surface area contributed by atoms with Crippen molar-refractivity contribution in [3.05, 3.63) is 52.4 Å². The van der Waals surface area contributed by atoms with Crippen LogP contribution < -0.4 is 4.90 Å². The molecule has 0 aliphatic carbocycles. The molecule has 18 heavy (non-hydrogen) atoms. The van der Waals surface area contributed by atoms with E-state index in [2.05, 4.69) is 27.0 Å². The summed E-state index contributed by atoms with van der Waals surface area (Å²) in [5, 5.41) is 0. The first-order valence-corrected chi connectivity index (χ1v) is 6.71. The minimum Gasteiger partial charge on any atom is -0.324 e. The number of fused-ring (bicyclic) bond motifs is 1.